The third-order valence-corrected chi connectivity index (χ3v) is 11.1. The molecule has 24 nitrogen and oxygen atoms in total. The normalized spacial score (nSPS) is 13.9. The number of nitrogens with one attached hydrogen (secondary N) is 1. The molecule has 1 fully saturated rings. The number of unbranched alkanes of at least 4 members (excludes halogenated alkanes) is 1. The van der Waals surface area contributed by atoms with E-state index < -0.39 is 100 Å². The highest BCUT2D eigenvalue weighted by molar-refractivity contribution is 7.89. The number of nitrogens with two attached hydrogens (primary N) is 1. The molecule has 1 aliphatic heterocycles. The summed E-state index contributed by atoms with van der Waals surface area (Å²) in [5.74, 6) is -6.42. The number of carbonyl (C=O) groups excluding carboxylic acids is 7. The van der Waals surface area contributed by atoms with Gasteiger partial charge in [-0.05, 0) is 65.3 Å². The topological polar surface area (TPSA) is 307 Å². The predicted molar refractivity (Wildman–Crippen MR) is 246 cm³/mol. The van der Waals surface area contributed by atoms with Crippen LogP contribution in [0.3, 0.4) is 0 Å². The number of hydrogen-bond acceptors (Lipinski definition) is 23. The summed E-state index contributed by atoms with van der Waals surface area (Å²) in [5.41, 5.74) is -1.07. The van der Waals surface area contributed by atoms with Gasteiger partial charge in [-0.3, -0.25) is 9.59 Å². The van der Waals surface area contributed by atoms with Gasteiger partial charge < -0.3 is 57.7 Å². The molecule has 0 saturated carbocycles. The lowest BCUT2D eigenvalue weighted by Crippen LogP contribution is -2.52. The summed E-state index contributed by atoms with van der Waals surface area (Å²) in [6, 6.07) is 10.5. The van der Waals surface area contributed by atoms with E-state index in [4.69, 9.17) is 47.8 Å². The lowest BCUT2D eigenvalue weighted by molar-refractivity contribution is -0.180. The Labute approximate surface area is 408 Å². The Morgan fingerprint density at radius 3 is 2.19 bits per heavy atom. The second-order valence-electron chi connectivity index (χ2n) is 16.4. The van der Waals surface area contributed by atoms with Crippen molar-refractivity contribution in [2.45, 2.75) is 90.1 Å². The van der Waals surface area contributed by atoms with Crippen LogP contribution in [0.2, 0.25) is 0 Å². The maximum Gasteiger partial charge on any atom is 0.347 e. The van der Waals surface area contributed by atoms with Crippen molar-refractivity contribution < 1.29 is 84.6 Å². The standard InChI is InChI=1S/C44H58N6O18S2/c1-8-9-15-46-33-20-30(21-34(70(45,58)59)38(33)68-31-13-11-10-12-14-31)43(57)64-25-36(53)65-28(3)42(56)66-27(2)41(55)63-26-37(54)67-32(22-50(44(5,6)7)35(52)24-61-29(4)51)23-62-40-39(47-69-48-40)49-16-18-60-19-17-49/h10-14,20-21,27-28,32,46H,8-9,15-19,22-26H2,1-7H3,(H2,45,58,59)/t27-,28-,32+/m1/s1. The molecule has 1 aromatic heterocycles. The van der Waals surface area contributed by atoms with Crippen LogP contribution in [0.4, 0.5) is 11.5 Å². The average molecular weight is 1020 g/mol. The number of ether oxygens (including phenoxy) is 9. The molecule has 1 amide bonds. The number of benzene rings is 2. The molecule has 2 aromatic carbocycles. The van der Waals surface area contributed by atoms with Gasteiger partial charge >= 0.3 is 35.8 Å². The van der Waals surface area contributed by atoms with Crippen molar-refractivity contribution in [3.63, 3.8) is 0 Å². The summed E-state index contributed by atoms with van der Waals surface area (Å²) in [4.78, 5) is 91.9. The number of amides is 1. The second kappa shape index (κ2) is 26.4. The van der Waals surface area contributed by atoms with E-state index in [1.165, 1.54) is 11.0 Å². The molecule has 0 bridgehead atoms. The number of morpholine rings is 1. The number of para-hydroxylation sites is 1. The fourth-order valence-electron chi connectivity index (χ4n) is 6.17. The third kappa shape index (κ3) is 17.7. The highest BCUT2D eigenvalue weighted by Gasteiger charge is 2.33. The van der Waals surface area contributed by atoms with Gasteiger partial charge in [-0.15, -0.1) is 4.37 Å². The number of carbonyl (C=O) groups is 7. The van der Waals surface area contributed by atoms with E-state index in [0.717, 1.165) is 45.0 Å². The number of esters is 6. The molecular weight excluding hydrogens is 965 g/mol. The number of hydrogen-bond donors (Lipinski definition) is 2. The van der Waals surface area contributed by atoms with E-state index in [-0.39, 0.29) is 41.8 Å². The summed E-state index contributed by atoms with van der Waals surface area (Å²) in [6.45, 7) is 9.62. The Morgan fingerprint density at radius 2 is 1.54 bits per heavy atom. The molecule has 4 rings (SSSR count). The van der Waals surface area contributed by atoms with Crippen LogP contribution >= 0.6 is 11.7 Å². The molecule has 0 aliphatic carbocycles. The van der Waals surface area contributed by atoms with Crippen molar-refractivity contribution in [2.24, 2.45) is 5.14 Å². The minimum absolute atomic E-state index is 0.103. The Hall–Kier alpha value is -6.64. The highest BCUT2D eigenvalue weighted by atomic mass is 32.2. The average Bonchev–Trinajstić information content (AvgIpc) is 3.79. The molecule has 1 aliphatic rings. The molecule has 2 heterocycles. The molecule has 384 valence electrons. The van der Waals surface area contributed by atoms with E-state index in [0.29, 0.717) is 45.1 Å². The van der Waals surface area contributed by atoms with Crippen LogP contribution in [0.15, 0.2) is 47.4 Å². The quantitative estimate of drug-likeness (QED) is 0.0700. The van der Waals surface area contributed by atoms with Crippen LogP contribution in [0.25, 0.3) is 0 Å². The zero-order valence-electron chi connectivity index (χ0n) is 39.8. The minimum Gasteiger partial charge on any atom is -0.470 e. The molecular formula is C44H58N6O18S2. The molecule has 0 radical (unpaired) electrons. The summed E-state index contributed by atoms with van der Waals surface area (Å²) < 4.78 is 81.9. The van der Waals surface area contributed by atoms with Gasteiger partial charge in [0, 0.05) is 32.1 Å². The maximum absolute atomic E-state index is 13.2. The zero-order chi connectivity index (χ0) is 51.6. The maximum atomic E-state index is 13.2. The van der Waals surface area contributed by atoms with Crippen LogP contribution in [0.1, 0.15) is 71.7 Å². The van der Waals surface area contributed by atoms with Gasteiger partial charge in [0.05, 0.1) is 42.7 Å². The number of rotatable bonds is 25. The number of aromatic nitrogens is 2. The Balaban J connectivity index is 1.33. The van der Waals surface area contributed by atoms with Crippen LogP contribution in [0, 0.1) is 0 Å². The number of nitrogens with zero attached hydrogens (tertiary/aromatic N) is 4. The molecule has 70 heavy (non-hydrogen) atoms. The Kier molecular flexibility index (Phi) is 21.1. The van der Waals surface area contributed by atoms with Crippen molar-refractivity contribution in [2.75, 3.05) is 76.0 Å². The summed E-state index contributed by atoms with van der Waals surface area (Å²) in [6.07, 6.45) is -3.00. The monoisotopic (exact) mass is 1020 g/mol. The Bertz CT molecular complexity index is 2410. The Morgan fingerprint density at radius 1 is 0.886 bits per heavy atom. The second-order valence-corrected chi connectivity index (χ2v) is 18.4. The van der Waals surface area contributed by atoms with Crippen molar-refractivity contribution in [3.05, 3.63) is 48.0 Å². The van der Waals surface area contributed by atoms with Crippen molar-refractivity contribution in [1.82, 2.24) is 13.6 Å². The number of primary sulfonamides is 1. The van der Waals surface area contributed by atoms with E-state index in [1.54, 1.807) is 51.1 Å². The lowest BCUT2D eigenvalue weighted by Gasteiger charge is -2.37. The van der Waals surface area contributed by atoms with E-state index in [1.807, 2.05) is 11.8 Å². The molecule has 3 atom stereocenters. The largest absolute Gasteiger partial charge is 0.470 e. The highest BCUT2D eigenvalue weighted by Crippen LogP contribution is 2.37. The zero-order valence-corrected chi connectivity index (χ0v) is 41.4. The first-order valence-corrected chi connectivity index (χ1v) is 24.2. The summed E-state index contributed by atoms with van der Waals surface area (Å²) in [5, 5.41) is 8.56. The van der Waals surface area contributed by atoms with Gasteiger partial charge in [0.2, 0.25) is 15.8 Å². The van der Waals surface area contributed by atoms with Gasteiger partial charge in [-0.2, -0.15) is 4.37 Å². The van der Waals surface area contributed by atoms with Gasteiger partial charge in [-0.1, -0.05) is 31.5 Å². The van der Waals surface area contributed by atoms with E-state index in [2.05, 4.69) is 14.1 Å². The summed E-state index contributed by atoms with van der Waals surface area (Å²) >= 11 is 0.899. The third-order valence-electron chi connectivity index (χ3n) is 9.68. The van der Waals surface area contributed by atoms with Gasteiger partial charge in [0.25, 0.3) is 11.8 Å². The molecule has 0 unspecified atom stereocenters. The smallest absolute Gasteiger partial charge is 0.347 e. The van der Waals surface area contributed by atoms with Crippen LogP contribution in [-0.4, -0.2) is 153 Å². The van der Waals surface area contributed by atoms with E-state index in [9.17, 15) is 42.0 Å². The number of anilines is 2. The van der Waals surface area contributed by atoms with Crippen molar-refractivity contribution >= 4 is 75.0 Å². The lowest BCUT2D eigenvalue weighted by atomic mass is 10.1. The number of sulfonamides is 1. The molecule has 3 aromatic rings. The van der Waals surface area contributed by atoms with Gasteiger partial charge in [0.15, 0.2) is 43.9 Å². The van der Waals surface area contributed by atoms with Crippen molar-refractivity contribution in [1.29, 1.82) is 0 Å². The molecule has 1 saturated heterocycles. The predicted octanol–water partition coefficient (Wildman–Crippen LogP) is 2.77. The SMILES string of the molecule is CCCCNc1cc(C(=O)OCC(=O)O[C@H](C)C(=O)O[C@H](C)C(=O)OCC(=O)O[C@H](COc2nsnc2N2CCOCC2)CN(C(=O)COC(C)=O)C(C)(C)C)cc(S(N)(=O)=O)c1Oc1ccccc1. The fraction of sp³-hybridized carbons (Fsp3) is 0.523. The van der Waals surface area contributed by atoms with Gasteiger partial charge in [-0.25, -0.2) is 37.5 Å². The first-order valence-electron chi connectivity index (χ1n) is 21.9. The summed E-state index contributed by atoms with van der Waals surface area (Å²) in [7, 11) is -4.48. The van der Waals surface area contributed by atoms with Crippen LogP contribution in [0.5, 0.6) is 17.4 Å². The minimum atomic E-state index is -4.48. The fourth-order valence-corrected chi connectivity index (χ4v) is 7.39. The van der Waals surface area contributed by atoms with Crippen LogP contribution < -0.4 is 24.8 Å². The molecule has 26 heteroatoms. The first-order chi connectivity index (χ1) is 33.1. The first kappa shape index (κ1) is 56.0. The van der Waals surface area contributed by atoms with Crippen LogP contribution in [-0.2, 0) is 71.9 Å². The van der Waals surface area contributed by atoms with Gasteiger partial charge in [0.1, 0.15) is 17.3 Å². The van der Waals surface area contributed by atoms with Crippen molar-refractivity contribution in [3.8, 4) is 17.4 Å². The molecule has 0 spiro atoms. The molecule has 3 N–H and O–H groups in total. The van der Waals surface area contributed by atoms with E-state index >= 15 is 0 Å².